The van der Waals surface area contributed by atoms with Gasteiger partial charge in [-0.25, -0.2) is 9.78 Å². The lowest BCUT2D eigenvalue weighted by Crippen LogP contribution is -2.60. The molecule has 2 heterocycles. The minimum absolute atomic E-state index is 0.0196. The molecule has 1 spiro atoms. The van der Waals surface area contributed by atoms with Gasteiger partial charge >= 0.3 is 0 Å². The largest absolute Gasteiger partial charge is 0.386 e. The molecule has 2 aliphatic heterocycles. The molecule has 18 heavy (non-hydrogen) atoms. The summed E-state index contributed by atoms with van der Waals surface area (Å²) < 4.78 is 0. The second-order valence-electron chi connectivity index (χ2n) is 6.97. The Morgan fingerprint density at radius 3 is 2.83 bits per heavy atom. The molecular formula is C15H24O3. The molecule has 102 valence electrons. The third-order valence-electron chi connectivity index (χ3n) is 5.61. The second kappa shape index (κ2) is 3.81. The number of aliphatic hydroxyl groups excluding tert-OH is 1. The van der Waals surface area contributed by atoms with Crippen molar-refractivity contribution in [3.8, 4) is 0 Å². The number of fused-ring (bicyclic) bond motifs is 2. The first kappa shape index (κ1) is 12.6. The molecule has 2 fully saturated rings. The molecule has 0 aromatic heterocycles. The van der Waals surface area contributed by atoms with Crippen LogP contribution >= 0.6 is 0 Å². The van der Waals surface area contributed by atoms with Crippen molar-refractivity contribution in [3.05, 3.63) is 11.6 Å². The summed E-state index contributed by atoms with van der Waals surface area (Å²) in [6.45, 7) is 8.73. The van der Waals surface area contributed by atoms with Gasteiger partial charge in [0.1, 0.15) is 17.8 Å². The second-order valence-corrected chi connectivity index (χ2v) is 6.97. The van der Waals surface area contributed by atoms with E-state index in [0.717, 1.165) is 24.8 Å². The Labute approximate surface area is 109 Å². The van der Waals surface area contributed by atoms with Gasteiger partial charge in [0.05, 0.1) is 0 Å². The maximum absolute atomic E-state index is 10.7. The molecule has 0 unspecified atom stereocenters. The molecule has 0 amide bonds. The topological polar surface area (TPSA) is 38.7 Å². The highest BCUT2D eigenvalue weighted by Gasteiger charge is 2.67. The monoisotopic (exact) mass is 252 g/mol. The van der Waals surface area contributed by atoms with Crippen LogP contribution in [0.5, 0.6) is 0 Å². The molecule has 4 aliphatic rings. The van der Waals surface area contributed by atoms with Crippen LogP contribution in [0.25, 0.3) is 0 Å². The van der Waals surface area contributed by atoms with Crippen LogP contribution in [0.3, 0.4) is 0 Å². The number of aliphatic hydroxyl groups is 1. The highest BCUT2D eigenvalue weighted by Crippen LogP contribution is 2.62. The van der Waals surface area contributed by atoms with Crippen molar-refractivity contribution in [2.45, 2.75) is 64.8 Å². The fourth-order valence-electron chi connectivity index (χ4n) is 4.51. The van der Waals surface area contributed by atoms with E-state index in [1.54, 1.807) is 0 Å². The summed E-state index contributed by atoms with van der Waals surface area (Å²) in [5.41, 5.74) is 0.589. The first-order chi connectivity index (χ1) is 8.41. The van der Waals surface area contributed by atoms with Crippen molar-refractivity contribution < 1.29 is 14.9 Å². The normalized spacial score (nSPS) is 51.2. The Bertz CT molecular complexity index is 389. The number of rotatable bonds is 1. The van der Waals surface area contributed by atoms with E-state index in [0.29, 0.717) is 11.8 Å². The first-order valence-electron chi connectivity index (χ1n) is 7.11. The van der Waals surface area contributed by atoms with Gasteiger partial charge in [0, 0.05) is 5.41 Å². The van der Waals surface area contributed by atoms with Gasteiger partial charge in [0.25, 0.3) is 0 Å². The molecule has 1 saturated carbocycles. The summed E-state index contributed by atoms with van der Waals surface area (Å²) in [6, 6.07) is 0. The third kappa shape index (κ3) is 1.36. The summed E-state index contributed by atoms with van der Waals surface area (Å²) in [5.74, 6) is 0.856. The molecule has 2 bridgehead atoms. The summed E-state index contributed by atoms with van der Waals surface area (Å²) in [6.07, 6.45) is 4.64. The van der Waals surface area contributed by atoms with Crippen molar-refractivity contribution in [1.29, 1.82) is 0 Å². The van der Waals surface area contributed by atoms with E-state index in [4.69, 9.17) is 9.78 Å². The highest BCUT2D eigenvalue weighted by atomic mass is 17.2. The van der Waals surface area contributed by atoms with Crippen LogP contribution < -0.4 is 0 Å². The van der Waals surface area contributed by atoms with Crippen molar-refractivity contribution >= 4 is 0 Å². The van der Waals surface area contributed by atoms with E-state index in [2.05, 4.69) is 20.8 Å². The zero-order chi connectivity index (χ0) is 13.1. The Morgan fingerprint density at radius 1 is 1.44 bits per heavy atom. The Kier molecular flexibility index (Phi) is 2.68. The van der Waals surface area contributed by atoms with Gasteiger partial charge in [-0.15, -0.1) is 0 Å². The molecule has 0 aromatic rings. The van der Waals surface area contributed by atoms with Crippen molar-refractivity contribution in [2.75, 3.05) is 0 Å². The average molecular weight is 252 g/mol. The van der Waals surface area contributed by atoms with Crippen molar-refractivity contribution in [2.24, 2.45) is 17.3 Å². The Balaban J connectivity index is 2.12. The number of hydrogen-bond donors (Lipinski definition) is 1. The van der Waals surface area contributed by atoms with Crippen molar-refractivity contribution in [3.63, 3.8) is 0 Å². The van der Waals surface area contributed by atoms with Gasteiger partial charge in [-0.1, -0.05) is 26.8 Å². The minimum Gasteiger partial charge on any atom is -0.386 e. The number of hydrogen-bond acceptors (Lipinski definition) is 3. The van der Waals surface area contributed by atoms with E-state index < -0.39 is 11.7 Å². The van der Waals surface area contributed by atoms with Gasteiger partial charge in [-0.3, -0.25) is 0 Å². The smallest absolute Gasteiger partial charge is 0.141 e. The molecule has 0 aromatic carbocycles. The van der Waals surface area contributed by atoms with Crippen LogP contribution in [-0.2, 0) is 9.78 Å². The fourth-order valence-corrected chi connectivity index (χ4v) is 4.51. The predicted octanol–water partition coefficient (Wildman–Crippen LogP) is 2.84. The predicted molar refractivity (Wildman–Crippen MR) is 68.7 cm³/mol. The fraction of sp³-hybridized carbons (Fsp3) is 0.867. The van der Waals surface area contributed by atoms with Gasteiger partial charge in [0.2, 0.25) is 0 Å². The van der Waals surface area contributed by atoms with Crippen LogP contribution in [0.2, 0.25) is 0 Å². The quantitative estimate of drug-likeness (QED) is 0.576. The van der Waals surface area contributed by atoms with Gasteiger partial charge < -0.3 is 5.11 Å². The zero-order valence-corrected chi connectivity index (χ0v) is 11.8. The highest BCUT2D eigenvalue weighted by molar-refractivity contribution is 5.25. The SMILES string of the molecule is CC1=C[C@H](O)[C@]23OO[C@H]1C[C@@]2(C)CC[C@@H]3C(C)C. The lowest BCUT2D eigenvalue weighted by molar-refractivity contribution is -0.445. The first-order valence-corrected chi connectivity index (χ1v) is 7.11. The summed E-state index contributed by atoms with van der Waals surface area (Å²) in [5, 5.41) is 10.7. The maximum Gasteiger partial charge on any atom is 0.141 e. The molecule has 2 aliphatic carbocycles. The molecule has 1 N–H and O–H groups in total. The lowest BCUT2D eigenvalue weighted by atomic mass is 9.65. The van der Waals surface area contributed by atoms with Crippen LogP contribution in [0.1, 0.15) is 47.0 Å². The third-order valence-corrected chi connectivity index (χ3v) is 5.61. The molecule has 3 nitrogen and oxygen atoms in total. The Hall–Kier alpha value is -0.380. The van der Waals surface area contributed by atoms with Gasteiger partial charge in [-0.2, -0.15) is 0 Å². The van der Waals surface area contributed by atoms with Gasteiger partial charge in [0.15, 0.2) is 0 Å². The van der Waals surface area contributed by atoms with E-state index in [9.17, 15) is 5.11 Å². The van der Waals surface area contributed by atoms with Crippen molar-refractivity contribution in [1.82, 2.24) is 0 Å². The van der Waals surface area contributed by atoms with Crippen LogP contribution in [0, 0.1) is 17.3 Å². The van der Waals surface area contributed by atoms with Crippen LogP contribution in [0.4, 0.5) is 0 Å². The summed E-state index contributed by atoms with van der Waals surface area (Å²) in [4.78, 5) is 11.5. The lowest BCUT2D eigenvalue weighted by Gasteiger charge is -2.51. The standard InChI is InChI=1S/C15H24O3/c1-9(2)11-5-6-14(4)8-12-10(3)7-13(16)15(11,14)18-17-12/h7,9,11-13,16H,5-6,8H2,1-4H3/t11-,12+,13+,14-,15+/m1/s1. The summed E-state index contributed by atoms with van der Waals surface area (Å²) in [7, 11) is 0. The summed E-state index contributed by atoms with van der Waals surface area (Å²) >= 11 is 0. The minimum atomic E-state index is -0.551. The van der Waals surface area contributed by atoms with E-state index in [-0.39, 0.29) is 11.5 Å². The maximum atomic E-state index is 10.7. The van der Waals surface area contributed by atoms with Crippen LogP contribution in [-0.4, -0.2) is 22.9 Å². The molecule has 4 rings (SSSR count). The van der Waals surface area contributed by atoms with E-state index >= 15 is 0 Å². The molecule has 3 heteroatoms. The molecule has 5 atom stereocenters. The van der Waals surface area contributed by atoms with E-state index in [1.165, 1.54) is 0 Å². The average Bonchev–Trinajstić information content (AvgIpc) is 2.52. The van der Waals surface area contributed by atoms with E-state index in [1.807, 2.05) is 13.0 Å². The zero-order valence-electron chi connectivity index (χ0n) is 11.8. The molecule has 1 saturated heterocycles. The Morgan fingerprint density at radius 2 is 2.17 bits per heavy atom. The van der Waals surface area contributed by atoms with Crippen LogP contribution in [0.15, 0.2) is 11.6 Å². The van der Waals surface area contributed by atoms with Gasteiger partial charge in [-0.05, 0) is 43.6 Å². The molecular weight excluding hydrogens is 228 g/mol. The molecule has 0 radical (unpaired) electrons.